The second kappa shape index (κ2) is 16.6. The average molecular weight is 710 g/mol. The van der Waals surface area contributed by atoms with E-state index in [1.807, 2.05) is 6.07 Å². The minimum absolute atomic E-state index is 0.470. The summed E-state index contributed by atoms with van der Waals surface area (Å²) in [4.78, 5) is 24.6. The number of hydrogen-bond donors (Lipinski definition) is 1. The Labute approximate surface area is 289 Å². The zero-order chi connectivity index (χ0) is 31.0. The van der Waals surface area contributed by atoms with Crippen molar-refractivity contribution in [1.29, 1.82) is 0 Å². The monoisotopic (exact) mass is 708 g/mol. The van der Waals surface area contributed by atoms with Crippen molar-refractivity contribution in [2.45, 2.75) is 76.3 Å². The summed E-state index contributed by atoms with van der Waals surface area (Å²) in [5.41, 5.74) is 1.76. The molecule has 8 rings (SSSR count). The maximum Gasteiger partial charge on any atom is 0.186 e. The van der Waals surface area contributed by atoms with Crippen LogP contribution in [0.3, 0.4) is 0 Å². The number of halogens is 3. The molecule has 0 saturated carbocycles. The highest BCUT2D eigenvalue weighted by atomic mass is 35.5. The van der Waals surface area contributed by atoms with Crippen LogP contribution in [0.1, 0.15) is 64.2 Å². The Morgan fingerprint density at radius 2 is 1.13 bits per heavy atom. The predicted octanol–water partition coefficient (Wildman–Crippen LogP) is 8.02. The predicted molar refractivity (Wildman–Crippen MR) is 192 cm³/mol. The number of hydrogen-bond acceptors (Lipinski definition) is 10. The highest BCUT2D eigenvalue weighted by molar-refractivity contribution is 7.22. The van der Waals surface area contributed by atoms with Gasteiger partial charge in [-0.3, -0.25) is 0 Å². The number of nitrogens with one attached hydrogen (secondary N) is 1. The highest BCUT2D eigenvalue weighted by Crippen LogP contribution is 2.32. The van der Waals surface area contributed by atoms with Gasteiger partial charge in [0, 0.05) is 25.2 Å². The molecule has 0 amide bonds. The molecule has 0 aliphatic carbocycles. The Balaban J connectivity index is 0.000000131. The molecule has 244 valence electrons. The number of fused-ring (bicyclic) bond motifs is 2. The Morgan fingerprint density at radius 1 is 0.622 bits per heavy atom. The molecule has 4 aliphatic rings. The van der Waals surface area contributed by atoms with Crippen molar-refractivity contribution in [2.24, 2.45) is 0 Å². The molecule has 4 aromatic heterocycles. The first kappa shape index (κ1) is 33.5. The summed E-state index contributed by atoms with van der Waals surface area (Å²) in [7, 11) is 0. The Hall–Kier alpha value is -1.37. The molecule has 0 bridgehead atoms. The lowest BCUT2D eigenvalue weighted by Crippen LogP contribution is -2.46. The maximum atomic E-state index is 5.97. The normalized spacial score (nSPS) is 20.9. The maximum absolute atomic E-state index is 5.97. The van der Waals surface area contributed by atoms with E-state index >= 15 is 0 Å². The topological polar surface area (TPSA) is 73.3 Å². The van der Waals surface area contributed by atoms with Crippen LogP contribution in [-0.2, 0) is 0 Å². The van der Waals surface area contributed by atoms with Crippen molar-refractivity contribution in [2.75, 3.05) is 57.3 Å². The molecule has 0 atom stereocenters. The number of likely N-dealkylation sites (tertiary alicyclic amines) is 2. The van der Waals surface area contributed by atoms with E-state index in [0.29, 0.717) is 14.8 Å². The number of nitrogens with zero attached hydrogens (tertiary/aromatic N) is 7. The zero-order valence-corrected chi connectivity index (χ0v) is 29.7. The number of anilines is 1. The first-order valence-electron chi connectivity index (χ1n) is 16.5. The highest BCUT2D eigenvalue weighted by Gasteiger charge is 2.27. The fourth-order valence-corrected chi connectivity index (χ4v) is 9.38. The standard InChI is InChI=1S/C16H21ClN4S.C10H20N2.C6H2Cl2N2S/c17-15-10-14-13(11-18-15)19-16(22-14)21-8-4-12(5-9-21)20-6-2-1-3-7-20;1-2-8-12(9-3-1)10-4-6-11-7-5-10;7-5-1-4-3(2-9-5)10-6(8)11-4/h10-12H,1-9H2;10-11H,1-9H2;1-2H. The Morgan fingerprint density at radius 3 is 1.71 bits per heavy atom. The van der Waals surface area contributed by atoms with E-state index in [4.69, 9.17) is 39.8 Å². The lowest BCUT2D eigenvalue weighted by atomic mass is 10.0. The van der Waals surface area contributed by atoms with Crippen LogP contribution in [0.2, 0.25) is 14.8 Å². The van der Waals surface area contributed by atoms with Crippen LogP contribution in [0, 0.1) is 0 Å². The van der Waals surface area contributed by atoms with E-state index in [9.17, 15) is 0 Å². The van der Waals surface area contributed by atoms with Crippen LogP contribution in [-0.4, -0.2) is 94.2 Å². The third kappa shape index (κ3) is 9.38. The van der Waals surface area contributed by atoms with E-state index in [1.54, 1.807) is 29.8 Å². The van der Waals surface area contributed by atoms with Gasteiger partial charge >= 0.3 is 0 Å². The minimum atomic E-state index is 0.470. The van der Waals surface area contributed by atoms with Gasteiger partial charge in [-0.1, -0.05) is 59.0 Å². The number of thiazole rings is 2. The van der Waals surface area contributed by atoms with Gasteiger partial charge in [-0.2, -0.15) is 0 Å². The average Bonchev–Trinajstić information content (AvgIpc) is 3.68. The van der Waals surface area contributed by atoms with E-state index < -0.39 is 0 Å². The van der Waals surface area contributed by atoms with Crippen molar-refractivity contribution in [3.63, 3.8) is 0 Å². The van der Waals surface area contributed by atoms with Gasteiger partial charge in [0.2, 0.25) is 0 Å². The van der Waals surface area contributed by atoms with Crippen molar-refractivity contribution in [3.05, 3.63) is 39.3 Å². The summed E-state index contributed by atoms with van der Waals surface area (Å²) in [6.45, 7) is 10.0. The molecule has 0 aromatic carbocycles. The van der Waals surface area contributed by atoms with Gasteiger partial charge in [0.15, 0.2) is 9.60 Å². The fourth-order valence-electron chi connectivity index (χ4n) is 6.87. The number of piperidine rings is 4. The number of rotatable bonds is 3. The molecule has 4 aromatic rings. The smallest absolute Gasteiger partial charge is 0.186 e. The molecule has 45 heavy (non-hydrogen) atoms. The van der Waals surface area contributed by atoms with Crippen LogP contribution < -0.4 is 10.2 Å². The van der Waals surface area contributed by atoms with Crippen molar-refractivity contribution in [3.8, 4) is 0 Å². The van der Waals surface area contributed by atoms with Gasteiger partial charge in [0.25, 0.3) is 0 Å². The third-order valence-corrected chi connectivity index (χ3v) is 11.9. The summed E-state index contributed by atoms with van der Waals surface area (Å²) < 4.78 is 2.62. The van der Waals surface area contributed by atoms with E-state index in [-0.39, 0.29) is 0 Å². The van der Waals surface area contributed by atoms with Gasteiger partial charge in [0.05, 0.1) is 21.8 Å². The fraction of sp³-hybridized carbons (Fsp3) is 0.625. The third-order valence-electron chi connectivity index (χ3n) is 9.30. The number of pyridine rings is 2. The van der Waals surface area contributed by atoms with Gasteiger partial charge in [-0.15, -0.1) is 11.3 Å². The van der Waals surface area contributed by atoms with Gasteiger partial charge in [-0.05, 0) is 103 Å². The van der Waals surface area contributed by atoms with Crippen LogP contribution >= 0.6 is 57.5 Å². The van der Waals surface area contributed by atoms with Gasteiger partial charge in [-0.25, -0.2) is 19.9 Å². The molecule has 8 nitrogen and oxygen atoms in total. The van der Waals surface area contributed by atoms with Crippen molar-refractivity contribution >= 4 is 83.0 Å². The largest absolute Gasteiger partial charge is 0.348 e. The first-order valence-corrected chi connectivity index (χ1v) is 19.2. The van der Waals surface area contributed by atoms with Gasteiger partial charge < -0.3 is 20.0 Å². The van der Waals surface area contributed by atoms with Crippen molar-refractivity contribution < 1.29 is 0 Å². The van der Waals surface area contributed by atoms with Crippen LogP contribution in [0.4, 0.5) is 5.13 Å². The van der Waals surface area contributed by atoms with E-state index in [1.165, 1.54) is 115 Å². The molecule has 1 N–H and O–H groups in total. The molecule has 4 aliphatic heterocycles. The number of aromatic nitrogens is 4. The molecule has 4 saturated heterocycles. The molecular weight excluding hydrogens is 667 g/mol. The minimum Gasteiger partial charge on any atom is -0.348 e. The van der Waals surface area contributed by atoms with Crippen LogP contribution in [0.15, 0.2) is 24.5 Å². The molecule has 0 unspecified atom stereocenters. The van der Waals surface area contributed by atoms with Crippen LogP contribution in [0.5, 0.6) is 0 Å². The lowest BCUT2D eigenvalue weighted by molar-refractivity contribution is 0.136. The Kier molecular flexibility index (Phi) is 12.4. The SMILES string of the molecule is C1CCN(C2CCNCC2)CC1.Clc1cc2sc(Cl)nc2cn1.Clc1cc2sc(N3CCC(N4CCCCC4)CC3)nc2cn1. The summed E-state index contributed by atoms with van der Waals surface area (Å²) in [5.74, 6) is 0. The zero-order valence-electron chi connectivity index (χ0n) is 25.8. The summed E-state index contributed by atoms with van der Waals surface area (Å²) in [5, 5.41) is 5.57. The lowest BCUT2D eigenvalue weighted by Gasteiger charge is -2.40. The van der Waals surface area contributed by atoms with E-state index in [2.05, 4.69) is 35.0 Å². The van der Waals surface area contributed by atoms with Crippen molar-refractivity contribution in [1.82, 2.24) is 35.1 Å². The molecule has 0 radical (unpaired) electrons. The summed E-state index contributed by atoms with van der Waals surface area (Å²) >= 11 is 20.4. The second-order valence-electron chi connectivity index (χ2n) is 12.3. The first-order chi connectivity index (χ1) is 22.0. The summed E-state index contributed by atoms with van der Waals surface area (Å²) in [6, 6.07) is 5.35. The Bertz CT molecular complexity index is 1470. The quantitative estimate of drug-likeness (QED) is 0.215. The second-order valence-corrected chi connectivity index (χ2v) is 15.7. The van der Waals surface area contributed by atoms with E-state index in [0.717, 1.165) is 50.7 Å². The molecular formula is C32H43Cl3N8S2. The van der Waals surface area contributed by atoms with Crippen LogP contribution in [0.25, 0.3) is 20.4 Å². The molecule has 13 heteroatoms. The molecule has 8 heterocycles. The summed E-state index contributed by atoms with van der Waals surface area (Å²) in [6.07, 6.45) is 17.2. The molecule has 0 spiro atoms. The van der Waals surface area contributed by atoms with Gasteiger partial charge in [0.1, 0.15) is 21.3 Å². The molecule has 4 fully saturated rings.